The summed E-state index contributed by atoms with van der Waals surface area (Å²) in [5, 5.41) is 3.18. The average Bonchev–Trinajstić information content (AvgIpc) is 2.69. The second kappa shape index (κ2) is 9.13. The Labute approximate surface area is 153 Å². The quantitative estimate of drug-likeness (QED) is 0.602. The van der Waals surface area contributed by atoms with Crippen LogP contribution in [-0.2, 0) is 0 Å². The maximum Gasteiger partial charge on any atom is 0.131 e. The maximum absolute atomic E-state index is 14.5. The summed E-state index contributed by atoms with van der Waals surface area (Å²) >= 11 is 0. The van der Waals surface area contributed by atoms with Gasteiger partial charge in [0.25, 0.3) is 0 Å². The van der Waals surface area contributed by atoms with Crippen LogP contribution in [0.1, 0.15) is 0 Å². The molecule has 0 spiro atoms. The van der Waals surface area contributed by atoms with Crippen molar-refractivity contribution in [2.45, 2.75) is 0 Å². The number of rotatable bonds is 8. The third-order valence-corrected chi connectivity index (χ3v) is 4.11. The van der Waals surface area contributed by atoms with Gasteiger partial charge in [-0.05, 0) is 34.9 Å². The Bertz CT molecular complexity index is 819. The summed E-state index contributed by atoms with van der Waals surface area (Å²) in [6.45, 7) is 2.74. The highest BCUT2D eigenvalue weighted by Gasteiger charge is 2.07. The summed E-state index contributed by atoms with van der Waals surface area (Å²) in [7, 11) is 0. The fraction of sp³-hybridized carbons (Fsp3) is 0.182. The van der Waals surface area contributed by atoms with Crippen molar-refractivity contribution in [3.8, 4) is 28.0 Å². The standard InChI is InChI=1S/C22H23FN2O/c23-22-16-19(8-11-21(22)18-4-2-1-3-5-18)17-6-9-20(10-7-17)26-15-14-25-13-12-24/h1-11,16,25H,12-15,24H2. The Morgan fingerprint density at radius 2 is 1.54 bits per heavy atom. The van der Waals surface area contributed by atoms with Crippen LogP contribution in [0.25, 0.3) is 22.3 Å². The van der Waals surface area contributed by atoms with Crippen molar-refractivity contribution in [1.29, 1.82) is 0 Å². The molecule has 26 heavy (non-hydrogen) atoms. The first-order valence-corrected chi connectivity index (χ1v) is 8.77. The molecule has 3 rings (SSSR count). The van der Waals surface area contributed by atoms with Gasteiger partial charge in [-0.1, -0.05) is 54.6 Å². The van der Waals surface area contributed by atoms with Crippen molar-refractivity contribution in [3.63, 3.8) is 0 Å². The Kier molecular flexibility index (Phi) is 6.36. The first-order valence-electron chi connectivity index (χ1n) is 8.77. The van der Waals surface area contributed by atoms with E-state index in [0.29, 0.717) is 18.7 Å². The minimum atomic E-state index is -0.222. The van der Waals surface area contributed by atoms with E-state index in [1.807, 2.05) is 66.7 Å². The molecule has 3 aromatic rings. The van der Waals surface area contributed by atoms with Crippen LogP contribution in [0.2, 0.25) is 0 Å². The van der Waals surface area contributed by atoms with E-state index in [1.54, 1.807) is 6.07 Å². The molecule has 0 aromatic heterocycles. The number of benzene rings is 3. The summed E-state index contributed by atoms with van der Waals surface area (Å²) in [5.41, 5.74) is 8.71. The van der Waals surface area contributed by atoms with Crippen LogP contribution in [0.5, 0.6) is 5.75 Å². The minimum Gasteiger partial charge on any atom is -0.492 e. The van der Waals surface area contributed by atoms with Gasteiger partial charge >= 0.3 is 0 Å². The molecule has 0 saturated heterocycles. The van der Waals surface area contributed by atoms with Gasteiger partial charge in [-0.2, -0.15) is 0 Å². The number of hydrogen-bond acceptors (Lipinski definition) is 3. The molecule has 134 valence electrons. The van der Waals surface area contributed by atoms with Crippen molar-refractivity contribution < 1.29 is 9.13 Å². The zero-order valence-corrected chi connectivity index (χ0v) is 14.6. The zero-order chi connectivity index (χ0) is 18.2. The second-order valence-corrected chi connectivity index (χ2v) is 5.97. The van der Waals surface area contributed by atoms with Gasteiger partial charge in [-0.25, -0.2) is 4.39 Å². The SMILES string of the molecule is NCCNCCOc1ccc(-c2ccc(-c3ccccc3)c(F)c2)cc1. The van der Waals surface area contributed by atoms with Crippen molar-refractivity contribution >= 4 is 0 Å². The number of nitrogens with two attached hydrogens (primary N) is 1. The van der Waals surface area contributed by atoms with E-state index < -0.39 is 0 Å². The lowest BCUT2D eigenvalue weighted by molar-refractivity contribution is 0.315. The molecule has 3 N–H and O–H groups in total. The monoisotopic (exact) mass is 350 g/mol. The van der Waals surface area contributed by atoms with Gasteiger partial charge in [-0.3, -0.25) is 0 Å². The second-order valence-electron chi connectivity index (χ2n) is 5.97. The number of hydrogen-bond donors (Lipinski definition) is 2. The summed E-state index contributed by atoms with van der Waals surface area (Å²) in [6, 6.07) is 22.6. The molecule has 3 nitrogen and oxygen atoms in total. The lowest BCUT2D eigenvalue weighted by atomic mass is 9.99. The summed E-state index contributed by atoms with van der Waals surface area (Å²) in [4.78, 5) is 0. The predicted molar refractivity (Wildman–Crippen MR) is 105 cm³/mol. The smallest absolute Gasteiger partial charge is 0.131 e. The Balaban J connectivity index is 1.67. The fourth-order valence-corrected chi connectivity index (χ4v) is 2.76. The highest BCUT2D eigenvalue weighted by molar-refractivity contribution is 5.71. The molecule has 3 aromatic carbocycles. The molecule has 0 bridgehead atoms. The molecule has 0 aliphatic rings. The van der Waals surface area contributed by atoms with Gasteiger partial charge in [0.05, 0.1) is 0 Å². The van der Waals surface area contributed by atoms with Gasteiger partial charge in [0.1, 0.15) is 18.2 Å². The van der Waals surface area contributed by atoms with E-state index in [9.17, 15) is 4.39 Å². The molecule has 4 heteroatoms. The molecule has 0 unspecified atom stereocenters. The first-order chi connectivity index (χ1) is 12.8. The Morgan fingerprint density at radius 1 is 0.808 bits per heavy atom. The molecular formula is C22H23FN2O. The lowest BCUT2D eigenvalue weighted by Gasteiger charge is -2.09. The maximum atomic E-state index is 14.5. The van der Waals surface area contributed by atoms with Crippen LogP contribution < -0.4 is 15.8 Å². The van der Waals surface area contributed by atoms with E-state index in [4.69, 9.17) is 10.5 Å². The van der Waals surface area contributed by atoms with Crippen LogP contribution in [0.4, 0.5) is 4.39 Å². The van der Waals surface area contributed by atoms with Crippen LogP contribution in [0.3, 0.4) is 0 Å². The summed E-state index contributed by atoms with van der Waals surface area (Å²) in [5.74, 6) is 0.574. The first kappa shape index (κ1) is 18.1. The molecule has 0 heterocycles. The van der Waals surface area contributed by atoms with E-state index in [1.165, 1.54) is 0 Å². The topological polar surface area (TPSA) is 47.3 Å². The van der Waals surface area contributed by atoms with Crippen LogP contribution in [0, 0.1) is 5.82 Å². The van der Waals surface area contributed by atoms with E-state index >= 15 is 0 Å². The predicted octanol–water partition coefficient (Wildman–Crippen LogP) is 4.09. The van der Waals surface area contributed by atoms with E-state index in [0.717, 1.165) is 35.5 Å². The highest BCUT2D eigenvalue weighted by Crippen LogP contribution is 2.28. The van der Waals surface area contributed by atoms with Gasteiger partial charge in [0.15, 0.2) is 0 Å². The normalized spacial score (nSPS) is 10.7. The van der Waals surface area contributed by atoms with Gasteiger partial charge in [0.2, 0.25) is 0 Å². The summed E-state index contributed by atoms with van der Waals surface area (Å²) in [6.07, 6.45) is 0. The molecule has 0 fully saturated rings. The van der Waals surface area contributed by atoms with Gasteiger partial charge < -0.3 is 15.8 Å². The molecule has 0 aliphatic carbocycles. The molecule has 0 aliphatic heterocycles. The van der Waals surface area contributed by atoms with E-state index in [2.05, 4.69) is 5.32 Å². The van der Waals surface area contributed by atoms with Crippen molar-refractivity contribution in [3.05, 3.63) is 78.6 Å². The van der Waals surface area contributed by atoms with Crippen molar-refractivity contribution in [2.75, 3.05) is 26.2 Å². The van der Waals surface area contributed by atoms with E-state index in [-0.39, 0.29) is 5.82 Å². The third kappa shape index (κ3) is 4.69. The number of halogens is 1. The molecular weight excluding hydrogens is 327 g/mol. The van der Waals surface area contributed by atoms with Crippen LogP contribution in [0.15, 0.2) is 72.8 Å². The highest BCUT2D eigenvalue weighted by atomic mass is 19.1. The summed E-state index contributed by atoms with van der Waals surface area (Å²) < 4.78 is 20.2. The largest absolute Gasteiger partial charge is 0.492 e. The third-order valence-electron chi connectivity index (χ3n) is 4.11. The zero-order valence-electron chi connectivity index (χ0n) is 14.6. The molecule has 0 atom stereocenters. The Hall–Kier alpha value is -2.69. The van der Waals surface area contributed by atoms with Crippen molar-refractivity contribution in [2.24, 2.45) is 5.73 Å². The Morgan fingerprint density at radius 3 is 2.23 bits per heavy atom. The molecule has 0 amide bonds. The van der Waals surface area contributed by atoms with Gasteiger partial charge in [-0.15, -0.1) is 0 Å². The number of nitrogens with one attached hydrogen (secondary N) is 1. The average molecular weight is 350 g/mol. The fourth-order valence-electron chi connectivity index (χ4n) is 2.76. The van der Waals surface area contributed by atoms with Gasteiger partial charge in [0, 0.05) is 25.2 Å². The molecule has 0 radical (unpaired) electrons. The lowest BCUT2D eigenvalue weighted by Crippen LogP contribution is -2.26. The minimum absolute atomic E-state index is 0.222. The molecule has 0 saturated carbocycles. The van der Waals surface area contributed by atoms with Crippen LogP contribution >= 0.6 is 0 Å². The van der Waals surface area contributed by atoms with Crippen molar-refractivity contribution in [1.82, 2.24) is 5.32 Å². The van der Waals surface area contributed by atoms with Crippen LogP contribution in [-0.4, -0.2) is 26.2 Å². The number of ether oxygens (including phenoxy) is 1.